The Bertz CT molecular complexity index is 424. The van der Waals surface area contributed by atoms with Gasteiger partial charge in [0.05, 0.1) is 5.69 Å². The van der Waals surface area contributed by atoms with Gasteiger partial charge in [0.15, 0.2) is 5.13 Å². The van der Waals surface area contributed by atoms with E-state index in [0.717, 1.165) is 25.4 Å². The van der Waals surface area contributed by atoms with Crippen LogP contribution in [0.3, 0.4) is 0 Å². The van der Waals surface area contributed by atoms with Crippen LogP contribution in [0.25, 0.3) is 0 Å². The number of nitrogens with zero attached hydrogens (tertiary/aromatic N) is 2. The van der Waals surface area contributed by atoms with Gasteiger partial charge in [0, 0.05) is 30.6 Å². The highest BCUT2D eigenvalue weighted by Gasteiger charge is 2.22. The minimum atomic E-state index is 0.530. The number of thiazole rings is 1. The maximum Gasteiger partial charge on any atom is 0.185 e. The fourth-order valence-corrected chi connectivity index (χ4v) is 3.83. The van der Waals surface area contributed by atoms with Crippen molar-refractivity contribution in [2.24, 2.45) is 5.92 Å². The molecule has 1 aromatic rings. The summed E-state index contributed by atoms with van der Waals surface area (Å²) in [6.45, 7) is 12.1. The lowest BCUT2D eigenvalue weighted by atomic mass is 9.85. The van der Waals surface area contributed by atoms with Crippen LogP contribution < -0.4 is 10.2 Å². The molecule has 1 aliphatic carbocycles. The molecule has 1 aromatic heterocycles. The van der Waals surface area contributed by atoms with E-state index in [9.17, 15) is 0 Å². The maximum atomic E-state index is 4.96. The Hall–Kier alpha value is -0.610. The van der Waals surface area contributed by atoms with Gasteiger partial charge in [-0.2, -0.15) is 0 Å². The molecule has 0 amide bonds. The number of aromatic nitrogens is 1. The molecule has 0 saturated heterocycles. The van der Waals surface area contributed by atoms with Gasteiger partial charge in [-0.3, -0.25) is 0 Å². The Balaban J connectivity index is 2.07. The molecule has 21 heavy (non-hydrogen) atoms. The maximum absolute atomic E-state index is 4.96. The minimum Gasteiger partial charge on any atom is -0.348 e. The minimum absolute atomic E-state index is 0.530. The van der Waals surface area contributed by atoms with E-state index in [0.29, 0.717) is 6.04 Å². The first-order chi connectivity index (χ1) is 10.1. The summed E-state index contributed by atoms with van der Waals surface area (Å²) in [7, 11) is 0. The molecule has 1 heterocycles. The second-order valence-corrected chi connectivity index (χ2v) is 7.55. The molecule has 0 aromatic carbocycles. The van der Waals surface area contributed by atoms with Crippen LogP contribution in [-0.4, -0.2) is 24.1 Å². The molecule has 0 bridgehead atoms. The van der Waals surface area contributed by atoms with E-state index in [1.165, 1.54) is 47.9 Å². The number of rotatable bonds is 9. The smallest absolute Gasteiger partial charge is 0.185 e. The molecule has 0 unspecified atom stereocenters. The summed E-state index contributed by atoms with van der Waals surface area (Å²) in [4.78, 5) is 8.90. The summed E-state index contributed by atoms with van der Waals surface area (Å²) in [5.41, 5.74) is 1.32. The molecule has 0 spiro atoms. The summed E-state index contributed by atoms with van der Waals surface area (Å²) in [6, 6.07) is 0.530. The third-order valence-corrected chi connectivity index (χ3v) is 5.44. The zero-order valence-electron chi connectivity index (χ0n) is 14.1. The number of aryl methyl sites for hydroxylation is 1. The molecule has 4 heteroatoms. The largest absolute Gasteiger partial charge is 0.348 e. The van der Waals surface area contributed by atoms with Gasteiger partial charge in [-0.15, -0.1) is 11.3 Å². The molecule has 2 rings (SSSR count). The molecular weight excluding hydrogens is 278 g/mol. The second-order valence-electron chi connectivity index (χ2n) is 6.49. The van der Waals surface area contributed by atoms with Gasteiger partial charge in [-0.1, -0.05) is 33.6 Å². The van der Waals surface area contributed by atoms with Gasteiger partial charge in [-0.25, -0.2) is 4.98 Å². The van der Waals surface area contributed by atoms with E-state index in [4.69, 9.17) is 4.98 Å². The quantitative estimate of drug-likeness (QED) is 0.740. The van der Waals surface area contributed by atoms with Gasteiger partial charge in [0.2, 0.25) is 0 Å². The van der Waals surface area contributed by atoms with Crippen molar-refractivity contribution in [3.8, 4) is 0 Å². The lowest BCUT2D eigenvalue weighted by Crippen LogP contribution is -2.32. The molecule has 120 valence electrons. The average molecular weight is 310 g/mol. The lowest BCUT2D eigenvalue weighted by molar-refractivity contribution is 0.318. The van der Waals surface area contributed by atoms with Crippen molar-refractivity contribution in [3.63, 3.8) is 0 Å². The highest BCUT2D eigenvalue weighted by atomic mass is 32.1. The van der Waals surface area contributed by atoms with Gasteiger partial charge in [0.25, 0.3) is 0 Å². The van der Waals surface area contributed by atoms with Gasteiger partial charge in [-0.05, 0) is 32.1 Å². The average Bonchev–Trinajstić information content (AvgIpc) is 2.79. The van der Waals surface area contributed by atoms with Crippen LogP contribution in [0.2, 0.25) is 0 Å². The predicted molar refractivity (Wildman–Crippen MR) is 93.3 cm³/mol. The van der Waals surface area contributed by atoms with Crippen LogP contribution in [0.1, 0.15) is 63.9 Å². The first kappa shape index (κ1) is 16.8. The summed E-state index contributed by atoms with van der Waals surface area (Å²) < 4.78 is 0. The van der Waals surface area contributed by atoms with Crippen LogP contribution >= 0.6 is 11.3 Å². The Morgan fingerprint density at radius 3 is 2.62 bits per heavy atom. The normalized spacial score (nSPS) is 15.5. The van der Waals surface area contributed by atoms with Crippen LogP contribution in [0.15, 0.2) is 0 Å². The van der Waals surface area contributed by atoms with Gasteiger partial charge >= 0.3 is 0 Å². The van der Waals surface area contributed by atoms with Crippen LogP contribution in [0.5, 0.6) is 0 Å². The van der Waals surface area contributed by atoms with E-state index in [1.54, 1.807) is 0 Å². The summed E-state index contributed by atoms with van der Waals surface area (Å²) >= 11 is 1.90. The molecule has 1 aliphatic rings. The van der Waals surface area contributed by atoms with E-state index in [2.05, 4.69) is 37.9 Å². The highest BCUT2D eigenvalue weighted by molar-refractivity contribution is 7.15. The van der Waals surface area contributed by atoms with Gasteiger partial charge < -0.3 is 10.2 Å². The number of hydrogen-bond acceptors (Lipinski definition) is 4. The fourth-order valence-electron chi connectivity index (χ4n) is 2.70. The van der Waals surface area contributed by atoms with Crippen molar-refractivity contribution >= 4 is 16.5 Å². The van der Waals surface area contributed by atoms with Crippen molar-refractivity contribution < 1.29 is 0 Å². The lowest BCUT2D eigenvalue weighted by Gasteiger charge is -2.31. The molecular formula is C17H31N3S. The number of anilines is 1. The SMILES string of the molecule is CCCc1nc(N(CC)CC2CCC2)sc1CNC(C)C. The van der Waals surface area contributed by atoms with E-state index >= 15 is 0 Å². The predicted octanol–water partition coefficient (Wildman–Crippen LogP) is 4.22. The molecule has 0 radical (unpaired) electrons. The summed E-state index contributed by atoms with van der Waals surface area (Å²) in [5.74, 6) is 0.903. The Labute approximate surface area is 134 Å². The van der Waals surface area contributed by atoms with Crippen molar-refractivity contribution in [2.45, 2.75) is 72.4 Å². The summed E-state index contributed by atoms with van der Waals surface area (Å²) in [5, 5.41) is 4.79. The van der Waals surface area contributed by atoms with E-state index in [1.807, 2.05) is 11.3 Å². The van der Waals surface area contributed by atoms with Crippen LogP contribution in [0, 0.1) is 5.92 Å². The zero-order chi connectivity index (χ0) is 15.2. The van der Waals surface area contributed by atoms with E-state index < -0.39 is 0 Å². The Morgan fingerprint density at radius 1 is 1.33 bits per heavy atom. The van der Waals surface area contributed by atoms with Crippen molar-refractivity contribution in [2.75, 3.05) is 18.0 Å². The monoisotopic (exact) mass is 309 g/mol. The topological polar surface area (TPSA) is 28.2 Å². The first-order valence-corrected chi connectivity index (χ1v) is 9.42. The molecule has 0 aliphatic heterocycles. The first-order valence-electron chi connectivity index (χ1n) is 8.60. The molecule has 1 fully saturated rings. The van der Waals surface area contributed by atoms with Crippen molar-refractivity contribution in [1.82, 2.24) is 10.3 Å². The molecule has 3 nitrogen and oxygen atoms in total. The van der Waals surface area contributed by atoms with Crippen molar-refractivity contribution in [1.29, 1.82) is 0 Å². The van der Waals surface area contributed by atoms with E-state index in [-0.39, 0.29) is 0 Å². The third-order valence-electron chi connectivity index (χ3n) is 4.28. The number of hydrogen-bond donors (Lipinski definition) is 1. The summed E-state index contributed by atoms with van der Waals surface area (Å²) in [6.07, 6.45) is 6.51. The van der Waals surface area contributed by atoms with Crippen LogP contribution in [0.4, 0.5) is 5.13 Å². The third kappa shape index (κ3) is 4.68. The highest BCUT2D eigenvalue weighted by Crippen LogP contribution is 2.32. The zero-order valence-corrected chi connectivity index (χ0v) is 14.9. The second kappa shape index (κ2) is 8.14. The van der Waals surface area contributed by atoms with Crippen LogP contribution in [-0.2, 0) is 13.0 Å². The van der Waals surface area contributed by atoms with Gasteiger partial charge in [0.1, 0.15) is 0 Å². The fraction of sp³-hybridized carbons (Fsp3) is 0.824. The Morgan fingerprint density at radius 2 is 2.10 bits per heavy atom. The molecule has 1 N–H and O–H groups in total. The Kier molecular flexibility index (Phi) is 6.49. The standard InChI is InChI=1S/C17H31N3S/c1-5-8-15-16(11-18-13(3)4)21-17(19-15)20(6-2)12-14-9-7-10-14/h13-14,18H,5-12H2,1-4H3. The number of nitrogens with one attached hydrogen (secondary N) is 1. The molecule has 1 saturated carbocycles. The van der Waals surface area contributed by atoms with Crippen molar-refractivity contribution in [3.05, 3.63) is 10.6 Å². The molecule has 0 atom stereocenters.